The molecule has 0 radical (unpaired) electrons. The highest BCUT2D eigenvalue weighted by atomic mass is 32.1. The fraction of sp³-hybridized carbons (Fsp3) is 0.417. The number of nitrogens with one attached hydrogen (secondary N) is 1. The number of rotatable bonds is 5. The summed E-state index contributed by atoms with van der Waals surface area (Å²) in [6.45, 7) is 8.48. The summed E-state index contributed by atoms with van der Waals surface area (Å²) in [5.41, 5.74) is 2.99. The number of carbonyl (C=O) groups is 1. The third kappa shape index (κ3) is 4.37. The fourth-order valence-corrected chi connectivity index (χ4v) is 5.20. The van der Waals surface area contributed by atoms with Crippen molar-refractivity contribution in [1.82, 2.24) is 19.9 Å². The van der Waals surface area contributed by atoms with Crippen molar-refractivity contribution >= 4 is 51.1 Å². The van der Waals surface area contributed by atoms with E-state index in [9.17, 15) is 4.79 Å². The molecule has 3 aromatic rings. The van der Waals surface area contributed by atoms with Crippen LogP contribution in [0.1, 0.15) is 22.4 Å². The summed E-state index contributed by atoms with van der Waals surface area (Å²) in [5, 5.41) is 4.93. The molecule has 1 N–H and O–H groups in total. The predicted octanol–water partition coefficient (Wildman–Crippen LogP) is 3.49. The van der Waals surface area contributed by atoms with Crippen molar-refractivity contribution in [2.24, 2.45) is 0 Å². The second kappa shape index (κ2) is 9.31. The Morgan fingerprint density at radius 1 is 1.09 bits per heavy atom. The van der Waals surface area contributed by atoms with E-state index in [0.29, 0.717) is 29.8 Å². The number of hydrogen-bond donors (Lipinski definition) is 1. The molecular formula is C24H30N8O2S. The lowest BCUT2D eigenvalue weighted by atomic mass is 10.2. The Labute approximate surface area is 209 Å². The van der Waals surface area contributed by atoms with E-state index in [-0.39, 0.29) is 5.91 Å². The van der Waals surface area contributed by atoms with Crippen LogP contribution in [0.15, 0.2) is 24.4 Å². The topological polar surface area (TPSA) is 90.0 Å². The van der Waals surface area contributed by atoms with Crippen LogP contribution in [0, 0.1) is 6.92 Å². The van der Waals surface area contributed by atoms with Crippen LogP contribution in [-0.4, -0.2) is 79.7 Å². The Morgan fingerprint density at radius 3 is 2.60 bits per heavy atom. The van der Waals surface area contributed by atoms with Crippen molar-refractivity contribution in [2.75, 3.05) is 73.9 Å². The number of ether oxygens (including phenoxy) is 1. The average Bonchev–Trinajstić information content (AvgIpc) is 3.23. The van der Waals surface area contributed by atoms with Crippen LogP contribution >= 0.6 is 11.3 Å². The maximum Gasteiger partial charge on any atom is 0.279 e. The molecule has 0 atom stereocenters. The van der Waals surface area contributed by atoms with Gasteiger partial charge in [-0.25, -0.2) is 9.97 Å². The molecule has 1 saturated heterocycles. The lowest BCUT2D eigenvalue weighted by Gasteiger charge is -2.34. The minimum atomic E-state index is -0.169. The number of fused-ring (bicyclic) bond motifs is 2. The largest absolute Gasteiger partial charge is 0.492 e. The normalized spacial score (nSPS) is 16.1. The van der Waals surface area contributed by atoms with Crippen LogP contribution < -0.4 is 24.8 Å². The first-order chi connectivity index (χ1) is 16.9. The lowest BCUT2D eigenvalue weighted by Crippen LogP contribution is -2.44. The van der Waals surface area contributed by atoms with E-state index in [0.717, 1.165) is 53.3 Å². The summed E-state index contributed by atoms with van der Waals surface area (Å²) < 4.78 is 5.97. The van der Waals surface area contributed by atoms with Crippen molar-refractivity contribution in [3.05, 3.63) is 35.1 Å². The van der Waals surface area contributed by atoms with Gasteiger partial charge in [-0.3, -0.25) is 4.79 Å². The van der Waals surface area contributed by atoms with Crippen LogP contribution in [0.4, 0.5) is 33.8 Å². The van der Waals surface area contributed by atoms with Gasteiger partial charge in [0.1, 0.15) is 16.4 Å². The van der Waals surface area contributed by atoms with E-state index in [1.165, 1.54) is 11.3 Å². The molecule has 1 amide bonds. The predicted molar refractivity (Wildman–Crippen MR) is 140 cm³/mol. The molecule has 35 heavy (non-hydrogen) atoms. The van der Waals surface area contributed by atoms with E-state index in [4.69, 9.17) is 9.72 Å². The minimum absolute atomic E-state index is 0.169. The maximum atomic E-state index is 13.0. The van der Waals surface area contributed by atoms with Gasteiger partial charge in [0.05, 0.1) is 23.5 Å². The number of anilines is 6. The summed E-state index contributed by atoms with van der Waals surface area (Å²) in [7, 11) is 5.77. The van der Waals surface area contributed by atoms with E-state index in [1.807, 2.05) is 31.9 Å². The molecule has 2 aromatic heterocycles. The molecule has 0 spiro atoms. The number of likely N-dealkylation sites (N-methyl/N-ethyl adjacent to an activating group) is 1. The first-order valence-corrected chi connectivity index (χ1v) is 12.5. The zero-order chi connectivity index (χ0) is 24.7. The summed E-state index contributed by atoms with van der Waals surface area (Å²) in [4.78, 5) is 34.9. The molecule has 5 rings (SSSR count). The van der Waals surface area contributed by atoms with Crippen LogP contribution in [-0.2, 0) is 0 Å². The lowest BCUT2D eigenvalue weighted by molar-refractivity contribution is 0.0990. The van der Waals surface area contributed by atoms with Crippen LogP contribution in [0.2, 0.25) is 0 Å². The Bertz CT molecular complexity index is 1250. The molecule has 0 aliphatic carbocycles. The average molecular weight is 495 g/mol. The second-order valence-corrected chi connectivity index (χ2v) is 9.92. The molecule has 4 heterocycles. The van der Waals surface area contributed by atoms with Gasteiger partial charge in [-0.2, -0.15) is 4.98 Å². The Hall–Kier alpha value is -3.44. The molecule has 2 aliphatic heterocycles. The second-order valence-electron chi connectivity index (χ2n) is 8.74. The standard InChI is InChI=1S/C24H30N8O2S/c1-6-34-19-13-16(32-11-9-29(3)10-12-32)7-8-17(19)27-24-25-14-18-21(28-24)31(5)23-20(22(33)30(18)4)26-15(2)35-23/h7-8,13-14H,6,9-12H2,1-5H3,(H,25,27,28). The zero-order valence-electron chi connectivity index (χ0n) is 20.7. The number of benzene rings is 1. The number of aromatic nitrogens is 3. The summed E-state index contributed by atoms with van der Waals surface area (Å²) in [5.74, 6) is 1.64. The SMILES string of the molecule is CCOc1cc(N2CCN(C)CC2)ccc1Nc1ncc2c(n1)N(C)c1sc(C)nc1C(=O)N2C. The molecule has 11 heteroatoms. The van der Waals surface area contributed by atoms with Crippen LogP contribution in [0.25, 0.3) is 0 Å². The first kappa shape index (κ1) is 23.3. The maximum absolute atomic E-state index is 13.0. The molecule has 0 bridgehead atoms. The molecule has 0 saturated carbocycles. The molecule has 184 valence electrons. The molecule has 10 nitrogen and oxygen atoms in total. The smallest absolute Gasteiger partial charge is 0.279 e. The van der Waals surface area contributed by atoms with E-state index in [2.05, 4.69) is 44.3 Å². The molecule has 0 unspecified atom stereocenters. The monoisotopic (exact) mass is 494 g/mol. The van der Waals surface area contributed by atoms with Gasteiger partial charge in [-0.1, -0.05) is 0 Å². The number of carbonyl (C=O) groups excluding carboxylic acids is 1. The van der Waals surface area contributed by atoms with Gasteiger partial charge in [-0.15, -0.1) is 11.3 Å². The van der Waals surface area contributed by atoms with Crippen LogP contribution in [0.5, 0.6) is 5.75 Å². The van der Waals surface area contributed by atoms with Crippen LogP contribution in [0.3, 0.4) is 0 Å². The van der Waals surface area contributed by atoms with Crippen molar-refractivity contribution in [2.45, 2.75) is 13.8 Å². The van der Waals surface area contributed by atoms with E-state index < -0.39 is 0 Å². The number of thiazole rings is 1. The fourth-order valence-electron chi connectivity index (χ4n) is 4.33. The third-order valence-corrected chi connectivity index (χ3v) is 7.38. The summed E-state index contributed by atoms with van der Waals surface area (Å²) in [6.07, 6.45) is 1.67. The third-order valence-electron chi connectivity index (χ3n) is 6.34. The molecule has 1 fully saturated rings. The van der Waals surface area contributed by atoms with Gasteiger partial charge in [0.2, 0.25) is 5.95 Å². The number of nitrogens with zero attached hydrogens (tertiary/aromatic N) is 7. The van der Waals surface area contributed by atoms with Crippen molar-refractivity contribution in [3.8, 4) is 5.75 Å². The van der Waals surface area contributed by atoms with Gasteiger partial charge in [0.25, 0.3) is 5.91 Å². The van der Waals surface area contributed by atoms with Crippen molar-refractivity contribution in [1.29, 1.82) is 0 Å². The Balaban J connectivity index is 1.46. The number of amides is 1. The number of aryl methyl sites for hydroxylation is 1. The highest BCUT2D eigenvalue weighted by Gasteiger charge is 2.32. The summed E-state index contributed by atoms with van der Waals surface area (Å²) in [6, 6.07) is 6.19. The number of piperazine rings is 1. The van der Waals surface area contributed by atoms with Gasteiger partial charge < -0.3 is 29.7 Å². The molecule has 1 aromatic carbocycles. The number of hydrogen-bond acceptors (Lipinski definition) is 10. The van der Waals surface area contributed by atoms with Gasteiger partial charge in [0, 0.05) is 52.0 Å². The van der Waals surface area contributed by atoms with Crippen molar-refractivity contribution in [3.63, 3.8) is 0 Å². The Kier molecular flexibility index (Phi) is 6.20. The zero-order valence-corrected chi connectivity index (χ0v) is 21.5. The van der Waals surface area contributed by atoms with Gasteiger partial charge >= 0.3 is 0 Å². The van der Waals surface area contributed by atoms with E-state index in [1.54, 1.807) is 18.1 Å². The minimum Gasteiger partial charge on any atom is -0.492 e. The highest BCUT2D eigenvalue weighted by Crippen LogP contribution is 2.41. The highest BCUT2D eigenvalue weighted by molar-refractivity contribution is 7.16. The van der Waals surface area contributed by atoms with E-state index >= 15 is 0 Å². The Morgan fingerprint density at radius 2 is 1.86 bits per heavy atom. The van der Waals surface area contributed by atoms with Gasteiger partial charge in [0.15, 0.2) is 11.5 Å². The van der Waals surface area contributed by atoms with Crippen molar-refractivity contribution < 1.29 is 9.53 Å². The summed E-state index contributed by atoms with van der Waals surface area (Å²) >= 11 is 1.47. The molecule has 2 aliphatic rings. The molecular weight excluding hydrogens is 464 g/mol. The quantitative estimate of drug-likeness (QED) is 0.572. The van der Waals surface area contributed by atoms with Gasteiger partial charge in [-0.05, 0) is 33.0 Å². The first-order valence-electron chi connectivity index (χ1n) is 11.7.